The molecule has 3 heterocycles. The maximum atomic E-state index is 12.5. The van der Waals surface area contributed by atoms with Gasteiger partial charge in [-0.3, -0.25) is 4.79 Å². The maximum absolute atomic E-state index is 12.5. The smallest absolute Gasteiger partial charge is 0.359 e. The van der Waals surface area contributed by atoms with Gasteiger partial charge in [-0.05, 0) is 38.5 Å². The normalized spacial score (nSPS) is 11.1. The zero-order valence-corrected chi connectivity index (χ0v) is 15.8. The molecule has 0 saturated carbocycles. The number of aryl methyl sites for hydroxylation is 1. The molecule has 0 aliphatic carbocycles. The van der Waals surface area contributed by atoms with E-state index < -0.39 is 5.97 Å². The fourth-order valence-corrected chi connectivity index (χ4v) is 3.11. The van der Waals surface area contributed by atoms with Crippen LogP contribution in [0.4, 0.5) is 0 Å². The largest absolute Gasteiger partial charge is 0.453 e. The van der Waals surface area contributed by atoms with Crippen LogP contribution in [0.2, 0.25) is 0 Å². The molecule has 0 saturated heterocycles. The van der Waals surface area contributed by atoms with Crippen molar-refractivity contribution in [2.45, 2.75) is 26.8 Å². The van der Waals surface area contributed by atoms with Gasteiger partial charge < -0.3 is 18.4 Å². The summed E-state index contributed by atoms with van der Waals surface area (Å²) in [7, 11) is 1.67. The molecule has 7 heteroatoms. The van der Waals surface area contributed by atoms with E-state index >= 15 is 0 Å². The van der Waals surface area contributed by atoms with Gasteiger partial charge in [-0.2, -0.15) is 0 Å². The summed E-state index contributed by atoms with van der Waals surface area (Å²) < 4.78 is 14.1. The predicted octanol–water partition coefficient (Wildman–Crippen LogP) is 2.83. The standard InChI is InChI=1S/C20H23N3O4/c1-14-11-16(15(2)23(14)9-6-10-26-3)18(24)13-27-20(25)17-12-22-8-5-4-7-19(22)21-17/h4-5,7-8,11-12H,6,9-10,13H2,1-3H3. The molecule has 0 radical (unpaired) electrons. The summed E-state index contributed by atoms with van der Waals surface area (Å²) in [6.07, 6.45) is 4.25. The Hall–Kier alpha value is -2.93. The molecule has 0 aliphatic heterocycles. The third-order valence-corrected chi connectivity index (χ3v) is 4.51. The van der Waals surface area contributed by atoms with Gasteiger partial charge in [0.05, 0.1) is 0 Å². The van der Waals surface area contributed by atoms with Crippen LogP contribution < -0.4 is 0 Å². The number of hydrogen-bond donors (Lipinski definition) is 0. The fourth-order valence-electron chi connectivity index (χ4n) is 3.11. The lowest BCUT2D eigenvalue weighted by Gasteiger charge is -2.09. The van der Waals surface area contributed by atoms with Gasteiger partial charge in [0, 0.05) is 49.6 Å². The quantitative estimate of drug-likeness (QED) is 0.347. The number of Topliss-reactive ketones (excluding diaryl/α,β-unsaturated/α-hetero) is 1. The number of carbonyl (C=O) groups is 2. The second-order valence-electron chi connectivity index (χ2n) is 6.37. The molecule has 0 amide bonds. The summed E-state index contributed by atoms with van der Waals surface area (Å²) in [4.78, 5) is 28.9. The summed E-state index contributed by atoms with van der Waals surface area (Å²) in [6, 6.07) is 7.31. The van der Waals surface area contributed by atoms with Gasteiger partial charge in [-0.1, -0.05) is 6.07 Å². The van der Waals surface area contributed by atoms with Crippen LogP contribution in [-0.2, 0) is 16.0 Å². The van der Waals surface area contributed by atoms with Crippen LogP contribution in [0.3, 0.4) is 0 Å². The Balaban J connectivity index is 1.65. The Morgan fingerprint density at radius 1 is 1.22 bits per heavy atom. The Morgan fingerprint density at radius 3 is 2.78 bits per heavy atom. The van der Waals surface area contributed by atoms with Gasteiger partial charge in [0.25, 0.3) is 0 Å². The summed E-state index contributed by atoms with van der Waals surface area (Å²) in [5.74, 6) is -0.834. The van der Waals surface area contributed by atoms with E-state index in [1.54, 1.807) is 30.0 Å². The Morgan fingerprint density at radius 2 is 2.04 bits per heavy atom. The molecule has 0 aromatic carbocycles. The van der Waals surface area contributed by atoms with Gasteiger partial charge in [-0.15, -0.1) is 0 Å². The van der Waals surface area contributed by atoms with Gasteiger partial charge in [0.15, 0.2) is 12.3 Å². The highest BCUT2D eigenvalue weighted by molar-refractivity contribution is 6.00. The lowest BCUT2D eigenvalue weighted by molar-refractivity contribution is 0.0469. The third kappa shape index (κ3) is 4.09. The first-order valence-electron chi connectivity index (χ1n) is 8.81. The molecule has 3 aromatic heterocycles. The van der Waals surface area contributed by atoms with Crippen molar-refractivity contribution in [1.29, 1.82) is 0 Å². The zero-order chi connectivity index (χ0) is 19.4. The van der Waals surface area contributed by atoms with Gasteiger partial charge in [0.1, 0.15) is 5.65 Å². The number of nitrogens with zero attached hydrogens (tertiary/aromatic N) is 3. The van der Waals surface area contributed by atoms with Crippen LogP contribution in [0, 0.1) is 13.8 Å². The molecule has 0 bridgehead atoms. The van der Waals surface area contributed by atoms with E-state index in [4.69, 9.17) is 9.47 Å². The average molecular weight is 369 g/mol. The number of ketones is 1. The van der Waals surface area contributed by atoms with E-state index in [9.17, 15) is 9.59 Å². The number of carbonyl (C=O) groups excluding carboxylic acids is 2. The molecular weight excluding hydrogens is 346 g/mol. The maximum Gasteiger partial charge on any atom is 0.359 e. The Bertz CT molecular complexity index is 938. The lowest BCUT2D eigenvalue weighted by atomic mass is 10.1. The van der Waals surface area contributed by atoms with E-state index in [-0.39, 0.29) is 18.1 Å². The molecular formula is C20H23N3O4. The Kier molecular flexibility index (Phi) is 5.71. The van der Waals surface area contributed by atoms with E-state index in [0.29, 0.717) is 17.8 Å². The minimum atomic E-state index is -0.610. The van der Waals surface area contributed by atoms with Gasteiger partial charge in [0.2, 0.25) is 5.78 Å². The van der Waals surface area contributed by atoms with Gasteiger partial charge >= 0.3 is 5.97 Å². The topological polar surface area (TPSA) is 74.8 Å². The number of esters is 1. The predicted molar refractivity (Wildman–Crippen MR) is 100 cm³/mol. The van der Waals surface area contributed by atoms with Crippen LogP contribution in [0.1, 0.15) is 38.7 Å². The first-order valence-corrected chi connectivity index (χ1v) is 8.81. The third-order valence-electron chi connectivity index (χ3n) is 4.51. The van der Waals surface area contributed by atoms with E-state index in [0.717, 1.165) is 24.4 Å². The van der Waals surface area contributed by atoms with E-state index in [2.05, 4.69) is 9.55 Å². The monoisotopic (exact) mass is 369 g/mol. The number of hydrogen-bond acceptors (Lipinski definition) is 5. The van der Waals surface area contributed by atoms with Crippen molar-refractivity contribution in [1.82, 2.24) is 14.0 Å². The number of methoxy groups -OCH3 is 1. The number of ether oxygens (including phenoxy) is 2. The van der Waals surface area contributed by atoms with Crippen LogP contribution >= 0.6 is 0 Å². The highest BCUT2D eigenvalue weighted by Crippen LogP contribution is 2.17. The summed E-state index contributed by atoms with van der Waals surface area (Å²) in [5, 5.41) is 0. The molecule has 142 valence electrons. The second-order valence-corrected chi connectivity index (χ2v) is 6.37. The van der Waals surface area contributed by atoms with E-state index in [1.165, 1.54) is 0 Å². The van der Waals surface area contributed by atoms with Crippen molar-refractivity contribution in [2.24, 2.45) is 0 Å². The van der Waals surface area contributed by atoms with Crippen LogP contribution in [0.15, 0.2) is 36.7 Å². The van der Waals surface area contributed by atoms with Crippen LogP contribution in [-0.4, -0.2) is 46.0 Å². The molecule has 0 aliphatic rings. The highest BCUT2D eigenvalue weighted by Gasteiger charge is 2.19. The molecule has 0 N–H and O–H groups in total. The van der Waals surface area contributed by atoms with Crippen molar-refractivity contribution >= 4 is 17.4 Å². The molecule has 0 atom stereocenters. The molecule has 0 fully saturated rings. The molecule has 0 spiro atoms. The minimum Gasteiger partial charge on any atom is -0.453 e. The van der Waals surface area contributed by atoms with Crippen LogP contribution in [0.5, 0.6) is 0 Å². The van der Waals surface area contributed by atoms with Crippen LogP contribution in [0.25, 0.3) is 5.65 Å². The minimum absolute atomic E-state index is 0.180. The zero-order valence-electron chi connectivity index (χ0n) is 15.8. The highest BCUT2D eigenvalue weighted by atomic mass is 16.5. The lowest BCUT2D eigenvalue weighted by Crippen LogP contribution is -2.15. The summed E-state index contributed by atoms with van der Waals surface area (Å²) >= 11 is 0. The van der Waals surface area contributed by atoms with Crippen molar-refractivity contribution < 1.29 is 19.1 Å². The number of imidazole rings is 1. The number of fused-ring (bicyclic) bond motifs is 1. The van der Waals surface area contributed by atoms with Crippen molar-refractivity contribution in [3.63, 3.8) is 0 Å². The second kappa shape index (κ2) is 8.18. The molecule has 27 heavy (non-hydrogen) atoms. The first kappa shape index (κ1) is 18.8. The van der Waals surface area contributed by atoms with Crippen molar-refractivity contribution in [3.05, 3.63) is 59.3 Å². The SMILES string of the molecule is COCCCn1c(C)cc(C(=O)COC(=O)c2cn3ccccc3n2)c1C. The molecule has 3 aromatic rings. The number of rotatable bonds is 8. The number of pyridine rings is 1. The molecule has 7 nitrogen and oxygen atoms in total. The fraction of sp³-hybridized carbons (Fsp3) is 0.350. The molecule has 3 rings (SSSR count). The molecule has 0 unspecified atom stereocenters. The average Bonchev–Trinajstić information content (AvgIpc) is 3.22. The summed E-state index contributed by atoms with van der Waals surface area (Å²) in [5.41, 5.74) is 3.28. The van der Waals surface area contributed by atoms with E-state index in [1.807, 2.05) is 32.0 Å². The van der Waals surface area contributed by atoms with Gasteiger partial charge in [-0.25, -0.2) is 9.78 Å². The van der Waals surface area contributed by atoms with Crippen molar-refractivity contribution in [3.8, 4) is 0 Å². The van der Waals surface area contributed by atoms with Crippen molar-refractivity contribution in [2.75, 3.05) is 20.3 Å². The summed E-state index contributed by atoms with van der Waals surface area (Å²) in [6.45, 7) is 4.99. The Labute approximate surface area is 157 Å². The number of aromatic nitrogens is 3. The first-order chi connectivity index (χ1) is 13.0.